The third kappa shape index (κ3) is 9.72. The van der Waals surface area contributed by atoms with E-state index in [-0.39, 0.29) is 24.0 Å². The molecule has 1 aliphatic heterocycles. The summed E-state index contributed by atoms with van der Waals surface area (Å²) in [5, 5.41) is 6.69. The van der Waals surface area contributed by atoms with Crippen LogP contribution < -0.4 is 10.6 Å². The SMILES string of the molecule is CN=C(NCCCN1CCC(C)CC1)NCCOCC1CC1.I. The van der Waals surface area contributed by atoms with Gasteiger partial charge in [-0.05, 0) is 63.6 Å². The lowest BCUT2D eigenvalue weighted by atomic mass is 9.99. The van der Waals surface area contributed by atoms with E-state index in [1.54, 1.807) is 0 Å². The molecule has 0 aromatic heterocycles. The van der Waals surface area contributed by atoms with Crippen molar-refractivity contribution in [2.45, 2.75) is 39.0 Å². The highest BCUT2D eigenvalue weighted by atomic mass is 127. The van der Waals surface area contributed by atoms with Crippen LogP contribution >= 0.6 is 24.0 Å². The zero-order valence-corrected chi connectivity index (χ0v) is 17.2. The number of rotatable bonds is 9. The maximum atomic E-state index is 5.61. The zero-order chi connectivity index (χ0) is 15.6. The molecule has 1 saturated carbocycles. The molecule has 1 aliphatic carbocycles. The largest absolute Gasteiger partial charge is 0.379 e. The normalized spacial score (nSPS) is 20.2. The van der Waals surface area contributed by atoms with Gasteiger partial charge in [0.1, 0.15) is 0 Å². The van der Waals surface area contributed by atoms with Gasteiger partial charge in [0.2, 0.25) is 0 Å². The Balaban J connectivity index is 0.00000264. The number of aliphatic imine (C=N–C) groups is 1. The Morgan fingerprint density at radius 2 is 1.83 bits per heavy atom. The Bertz CT molecular complexity index is 329. The zero-order valence-electron chi connectivity index (χ0n) is 14.9. The van der Waals surface area contributed by atoms with E-state index in [1.807, 2.05) is 7.05 Å². The Morgan fingerprint density at radius 1 is 1.13 bits per heavy atom. The molecule has 1 heterocycles. The molecule has 5 nitrogen and oxygen atoms in total. The molecule has 0 unspecified atom stereocenters. The van der Waals surface area contributed by atoms with Crippen molar-refractivity contribution in [2.75, 3.05) is 53.0 Å². The summed E-state index contributed by atoms with van der Waals surface area (Å²) in [6.07, 6.45) is 6.60. The molecule has 23 heavy (non-hydrogen) atoms. The third-order valence-electron chi connectivity index (χ3n) is 4.63. The second-order valence-corrected chi connectivity index (χ2v) is 6.82. The number of likely N-dealkylation sites (tertiary alicyclic amines) is 1. The summed E-state index contributed by atoms with van der Waals surface area (Å²) < 4.78 is 5.61. The van der Waals surface area contributed by atoms with E-state index < -0.39 is 0 Å². The summed E-state index contributed by atoms with van der Waals surface area (Å²) in [5.41, 5.74) is 0. The van der Waals surface area contributed by atoms with Gasteiger partial charge in [-0.1, -0.05) is 6.92 Å². The molecule has 0 aromatic carbocycles. The molecule has 136 valence electrons. The van der Waals surface area contributed by atoms with Crippen LogP contribution in [0, 0.1) is 11.8 Å². The lowest BCUT2D eigenvalue weighted by molar-refractivity contribution is 0.129. The van der Waals surface area contributed by atoms with Gasteiger partial charge < -0.3 is 20.3 Å². The number of piperidine rings is 1. The van der Waals surface area contributed by atoms with Gasteiger partial charge in [0.15, 0.2) is 5.96 Å². The first-order valence-corrected chi connectivity index (χ1v) is 9.02. The molecular formula is C17H35IN4O. The molecule has 0 amide bonds. The van der Waals surface area contributed by atoms with Crippen LogP contribution in [-0.2, 0) is 4.74 Å². The van der Waals surface area contributed by atoms with Crippen LogP contribution in [0.5, 0.6) is 0 Å². The number of hydrogen-bond donors (Lipinski definition) is 2. The van der Waals surface area contributed by atoms with Gasteiger partial charge in [0.25, 0.3) is 0 Å². The molecular weight excluding hydrogens is 403 g/mol. The van der Waals surface area contributed by atoms with Gasteiger partial charge in [-0.3, -0.25) is 4.99 Å². The molecule has 0 bridgehead atoms. The minimum Gasteiger partial charge on any atom is -0.379 e. The minimum absolute atomic E-state index is 0. The average Bonchev–Trinajstić information content (AvgIpc) is 3.35. The molecule has 2 fully saturated rings. The molecule has 1 saturated heterocycles. The fourth-order valence-electron chi connectivity index (χ4n) is 2.79. The van der Waals surface area contributed by atoms with Gasteiger partial charge in [-0.2, -0.15) is 0 Å². The molecule has 2 rings (SSSR count). The van der Waals surface area contributed by atoms with E-state index in [1.165, 1.54) is 51.7 Å². The molecule has 2 N–H and O–H groups in total. The fraction of sp³-hybridized carbons (Fsp3) is 0.941. The van der Waals surface area contributed by atoms with Gasteiger partial charge in [0.05, 0.1) is 6.61 Å². The molecule has 0 radical (unpaired) electrons. The van der Waals surface area contributed by atoms with Crippen molar-refractivity contribution in [2.24, 2.45) is 16.8 Å². The van der Waals surface area contributed by atoms with Crippen molar-refractivity contribution < 1.29 is 4.74 Å². The molecule has 6 heteroatoms. The van der Waals surface area contributed by atoms with E-state index in [0.717, 1.165) is 44.1 Å². The quantitative estimate of drug-likeness (QED) is 0.251. The van der Waals surface area contributed by atoms with Crippen LogP contribution in [0.4, 0.5) is 0 Å². The van der Waals surface area contributed by atoms with E-state index in [4.69, 9.17) is 4.74 Å². The van der Waals surface area contributed by atoms with E-state index >= 15 is 0 Å². The van der Waals surface area contributed by atoms with Crippen molar-refractivity contribution in [3.05, 3.63) is 0 Å². The van der Waals surface area contributed by atoms with Gasteiger partial charge >= 0.3 is 0 Å². The third-order valence-corrected chi connectivity index (χ3v) is 4.63. The standard InChI is InChI=1S/C17H34N4O.HI/c1-15-6-11-21(12-7-15)10-3-8-19-17(18-2)20-9-13-22-14-16-4-5-16;/h15-16H,3-14H2,1-2H3,(H2,18,19,20);1H. The first-order valence-electron chi connectivity index (χ1n) is 9.02. The highest BCUT2D eigenvalue weighted by Gasteiger charge is 2.20. The maximum Gasteiger partial charge on any atom is 0.191 e. The van der Waals surface area contributed by atoms with Crippen molar-refractivity contribution in [3.63, 3.8) is 0 Å². The summed E-state index contributed by atoms with van der Waals surface area (Å²) >= 11 is 0. The molecule has 2 aliphatic rings. The topological polar surface area (TPSA) is 48.9 Å². The van der Waals surface area contributed by atoms with Gasteiger partial charge in [0, 0.05) is 26.7 Å². The van der Waals surface area contributed by atoms with Crippen LogP contribution in [0.1, 0.15) is 39.0 Å². The Hall–Kier alpha value is -0.0800. The Kier molecular flexibility index (Phi) is 11.2. The predicted molar refractivity (Wildman–Crippen MR) is 108 cm³/mol. The van der Waals surface area contributed by atoms with Gasteiger partial charge in [-0.15, -0.1) is 24.0 Å². The monoisotopic (exact) mass is 438 g/mol. The molecule has 0 aromatic rings. The highest BCUT2D eigenvalue weighted by Crippen LogP contribution is 2.28. The smallest absolute Gasteiger partial charge is 0.191 e. The van der Waals surface area contributed by atoms with Crippen molar-refractivity contribution in [1.82, 2.24) is 15.5 Å². The fourth-order valence-corrected chi connectivity index (χ4v) is 2.79. The first kappa shape index (κ1) is 21.0. The summed E-state index contributed by atoms with van der Waals surface area (Å²) in [5.74, 6) is 2.65. The van der Waals surface area contributed by atoms with Crippen LogP contribution in [0.3, 0.4) is 0 Å². The van der Waals surface area contributed by atoms with Crippen LogP contribution in [0.25, 0.3) is 0 Å². The predicted octanol–water partition coefficient (Wildman–Crippen LogP) is 2.32. The number of nitrogens with one attached hydrogen (secondary N) is 2. The molecule has 0 atom stereocenters. The summed E-state index contributed by atoms with van der Waals surface area (Å²) in [7, 11) is 1.83. The number of nitrogens with zero attached hydrogens (tertiary/aromatic N) is 2. The van der Waals surface area contributed by atoms with Crippen molar-refractivity contribution in [1.29, 1.82) is 0 Å². The second-order valence-electron chi connectivity index (χ2n) is 6.82. The number of halogens is 1. The maximum absolute atomic E-state index is 5.61. The number of guanidine groups is 1. The summed E-state index contributed by atoms with van der Waals surface area (Å²) in [6, 6.07) is 0. The Labute approximate surface area is 159 Å². The second kappa shape index (κ2) is 12.3. The van der Waals surface area contributed by atoms with Crippen molar-refractivity contribution in [3.8, 4) is 0 Å². The van der Waals surface area contributed by atoms with Crippen molar-refractivity contribution >= 4 is 29.9 Å². The number of ether oxygens (including phenoxy) is 1. The lowest BCUT2D eigenvalue weighted by Gasteiger charge is -2.30. The van der Waals surface area contributed by atoms with E-state index in [2.05, 4.69) is 27.4 Å². The van der Waals surface area contributed by atoms with Crippen LogP contribution in [0.2, 0.25) is 0 Å². The summed E-state index contributed by atoms with van der Waals surface area (Å²) in [4.78, 5) is 6.84. The summed E-state index contributed by atoms with van der Waals surface area (Å²) in [6.45, 7) is 9.61. The van der Waals surface area contributed by atoms with Gasteiger partial charge in [-0.25, -0.2) is 0 Å². The van der Waals surface area contributed by atoms with Crippen LogP contribution in [-0.4, -0.2) is 63.8 Å². The molecule has 0 spiro atoms. The highest BCUT2D eigenvalue weighted by molar-refractivity contribution is 14.0. The van der Waals surface area contributed by atoms with E-state index in [0.29, 0.717) is 0 Å². The van der Waals surface area contributed by atoms with E-state index in [9.17, 15) is 0 Å². The van der Waals surface area contributed by atoms with Crippen LogP contribution in [0.15, 0.2) is 4.99 Å². The minimum atomic E-state index is 0. The average molecular weight is 438 g/mol. The number of hydrogen-bond acceptors (Lipinski definition) is 3. The first-order chi connectivity index (χ1) is 10.8. The Morgan fingerprint density at radius 3 is 2.48 bits per heavy atom. The lowest BCUT2D eigenvalue weighted by Crippen LogP contribution is -2.40.